The summed E-state index contributed by atoms with van der Waals surface area (Å²) in [6.45, 7) is 0. The first kappa shape index (κ1) is 18.9. The highest BCUT2D eigenvalue weighted by Gasteiger charge is 2.45. The van der Waals surface area contributed by atoms with E-state index in [1.54, 1.807) is 0 Å². The van der Waals surface area contributed by atoms with Crippen molar-refractivity contribution in [2.45, 2.75) is 24.5 Å². The van der Waals surface area contributed by atoms with Crippen molar-refractivity contribution in [3.63, 3.8) is 0 Å². The lowest BCUT2D eigenvalue weighted by Crippen LogP contribution is -2.39. The molecule has 1 rings (SSSR count). The molecule has 0 amide bonds. The van der Waals surface area contributed by atoms with E-state index in [1.807, 2.05) is 0 Å². The molecular formula is C10H9ClF7NO. The Kier molecular flexibility index (Phi) is 5.82. The van der Waals surface area contributed by atoms with Crippen molar-refractivity contribution in [3.8, 4) is 0 Å². The Labute approximate surface area is 114 Å². The predicted molar refractivity (Wildman–Crippen MR) is 57.6 cm³/mol. The summed E-state index contributed by atoms with van der Waals surface area (Å²) in [5, 5.41) is 8.85. The highest BCUT2D eigenvalue weighted by Crippen LogP contribution is 2.37. The van der Waals surface area contributed by atoms with Crippen LogP contribution >= 0.6 is 12.4 Å². The molecule has 0 aromatic heterocycles. The summed E-state index contributed by atoms with van der Waals surface area (Å²) in [5.74, 6) is -1.19. The Hall–Kier alpha value is -1.06. The number of aliphatic hydroxyl groups excluding tert-OH is 1. The minimum Gasteiger partial charge on any atom is -0.382 e. The first-order valence-electron chi connectivity index (χ1n) is 4.81. The minimum absolute atomic E-state index is 0. The van der Waals surface area contributed by atoms with E-state index in [0.717, 1.165) is 0 Å². The van der Waals surface area contributed by atoms with Crippen molar-refractivity contribution in [2.24, 2.45) is 5.73 Å². The van der Waals surface area contributed by atoms with E-state index >= 15 is 0 Å². The number of halogens is 8. The normalized spacial score (nSPS) is 15.4. The second kappa shape index (κ2) is 6.15. The van der Waals surface area contributed by atoms with Gasteiger partial charge in [-0.15, -0.1) is 12.4 Å². The van der Waals surface area contributed by atoms with Gasteiger partial charge < -0.3 is 10.8 Å². The molecule has 0 aliphatic rings. The largest absolute Gasteiger partial charge is 0.416 e. The molecule has 0 heterocycles. The maximum Gasteiger partial charge on any atom is 0.416 e. The van der Waals surface area contributed by atoms with Gasteiger partial charge in [0.25, 0.3) is 0 Å². The molecular weight excluding hydrogens is 319 g/mol. The monoisotopic (exact) mass is 327 g/mol. The highest BCUT2D eigenvalue weighted by molar-refractivity contribution is 5.85. The van der Waals surface area contributed by atoms with Crippen LogP contribution in [0.1, 0.15) is 17.2 Å². The molecule has 0 aliphatic carbocycles. The summed E-state index contributed by atoms with van der Waals surface area (Å²) in [6, 6.07) is -1.50. The molecule has 116 valence electrons. The summed E-state index contributed by atoms with van der Waals surface area (Å²) in [7, 11) is 0. The van der Waals surface area contributed by atoms with E-state index in [1.165, 1.54) is 0 Å². The summed E-state index contributed by atoms with van der Waals surface area (Å²) < 4.78 is 87.2. The van der Waals surface area contributed by atoms with Gasteiger partial charge in [0, 0.05) is 0 Å². The quantitative estimate of drug-likeness (QED) is 0.820. The van der Waals surface area contributed by atoms with Crippen LogP contribution in [0.5, 0.6) is 0 Å². The Balaban J connectivity index is 0.00000361. The number of hydrogen-bond acceptors (Lipinski definition) is 2. The topological polar surface area (TPSA) is 46.2 Å². The number of nitrogens with two attached hydrogens (primary N) is 1. The molecule has 1 aromatic rings. The molecule has 1 aromatic carbocycles. The van der Waals surface area contributed by atoms with Crippen molar-refractivity contribution in [1.82, 2.24) is 0 Å². The molecule has 2 atom stereocenters. The SMILES string of the molecule is Cl.N[C@H](c1cc(F)ccc1C(F)(F)F)[C@@H](O)C(F)(F)F. The zero-order valence-corrected chi connectivity index (χ0v) is 10.3. The summed E-state index contributed by atoms with van der Waals surface area (Å²) in [5.41, 5.74) is 2.28. The first-order valence-corrected chi connectivity index (χ1v) is 4.81. The molecule has 0 spiro atoms. The van der Waals surface area contributed by atoms with E-state index in [0.29, 0.717) is 6.07 Å². The van der Waals surface area contributed by atoms with Crippen LogP contribution in [0.15, 0.2) is 18.2 Å². The van der Waals surface area contributed by atoms with Crippen molar-refractivity contribution < 1.29 is 35.8 Å². The van der Waals surface area contributed by atoms with Crippen molar-refractivity contribution in [2.75, 3.05) is 0 Å². The molecule has 0 saturated carbocycles. The van der Waals surface area contributed by atoms with Crippen LogP contribution < -0.4 is 5.73 Å². The zero-order chi connectivity index (χ0) is 15.0. The average Bonchev–Trinajstić information content (AvgIpc) is 2.24. The lowest BCUT2D eigenvalue weighted by molar-refractivity contribution is -0.211. The Morgan fingerprint density at radius 2 is 1.55 bits per heavy atom. The second-order valence-electron chi connectivity index (χ2n) is 3.74. The van der Waals surface area contributed by atoms with Crippen molar-refractivity contribution in [1.29, 1.82) is 0 Å². The number of hydrogen-bond donors (Lipinski definition) is 2. The van der Waals surface area contributed by atoms with E-state index < -0.39 is 41.4 Å². The smallest absolute Gasteiger partial charge is 0.382 e. The average molecular weight is 328 g/mol. The zero-order valence-electron chi connectivity index (χ0n) is 9.47. The molecule has 0 fully saturated rings. The Morgan fingerprint density at radius 1 is 1.05 bits per heavy atom. The van der Waals surface area contributed by atoms with Gasteiger partial charge in [0.05, 0.1) is 11.6 Å². The third-order valence-electron chi connectivity index (χ3n) is 2.35. The third kappa shape index (κ3) is 4.22. The van der Waals surface area contributed by atoms with Crippen molar-refractivity contribution >= 4 is 12.4 Å². The van der Waals surface area contributed by atoms with E-state index in [-0.39, 0.29) is 24.5 Å². The van der Waals surface area contributed by atoms with Crippen LogP contribution in [-0.4, -0.2) is 17.4 Å². The van der Waals surface area contributed by atoms with Crippen LogP contribution in [0.4, 0.5) is 30.7 Å². The number of alkyl halides is 6. The fourth-order valence-corrected chi connectivity index (χ4v) is 1.44. The van der Waals surface area contributed by atoms with Crippen LogP contribution in [0.3, 0.4) is 0 Å². The van der Waals surface area contributed by atoms with Crippen LogP contribution in [0.2, 0.25) is 0 Å². The maximum atomic E-state index is 12.9. The summed E-state index contributed by atoms with van der Waals surface area (Å²) in [6.07, 6.45) is -13.4. The first-order chi connectivity index (χ1) is 8.44. The molecule has 0 aliphatic heterocycles. The van der Waals surface area contributed by atoms with Crippen LogP contribution in [-0.2, 0) is 6.18 Å². The number of aliphatic hydroxyl groups is 1. The molecule has 10 heteroatoms. The van der Waals surface area contributed by atoms with E-state index in [4.69, 9.17) is 10.8 Å². The standard InChI is InChI=1S/C10H8F7NO.ClH/c11-4-1-2-6(9(12,13)14)5(3-4)7(18)8(19)10(15,16)17;/h1-3,7-8,19H,18H2;1H/t7-,8-;/m1./s1. The van der Waals surface area contributed by atoms with Gasteiger partial charge in [-0.3, -0.25) is 0 Å². The molecule has 0 saturated heterocycles. The Bertz CT molecular complexity index is 460. The molecule has 2 nitrogen and oxygen atoms in total. The Morgan fingerprint density at radius 3 is 1.95 bits per heavy atom. The van der Waals surface area contributed by atoms with Gasteiger partial charge in [-0.2, -0.15) is 26.3 Å². The van der Waals surface area contributed by atoms with Gasteiger partial charge in [-0.1, -0.05) is 0 Å². The van der Waals surface area contributed by atoms with E-state index in [2.05, 4.69) is 0 Å². The van der Waals surface area contributed by atoms with Crippen LogP contribution in [0, 0.1) is 5.82 Å². The summed E-state index contributed by atoms with van der Waals surface area (Å²) in [4.78, 5) is 0. The lowest BCUT2D eigenvalue weighted by atomic mass is 9.96. The van der Waals surface area contributed by atoms with Gasteiger partial charge in [0.2, 0.25) is 0 Å². The molecule has 0 bridgehead atoms. The molecule has 20 heavy (non-hydrogen) atoms. The number of rotatable bonds is 2. The predicted octanol–water partition coefficient (Wildman–Crippen LogP) is 3.19. The third-order valence-corrected chi connectivity index (χ3v) is 2.35. The van der Waals surface area contributed by atoms with E-state index in [9.17, 15) is 30.7 Å². The van der Waals surface area contributed by atoms with Gasteiger partial charge in [0.1, 0.15) is 5.82 Å². The van der Waals surface area contributed by atoms with Gasteiger partial charge >= 0.3 is 12.4 Å². The fraction of sp³-hybridized carbons (Fsp3) is 0.400. The van der Waals surface area contributed by atoms with Crippen molar-refractivity contribution in [3.05, 3.63) is 35.1 Å². The fourth-order valence-electron chi connectivity index (χ4n) is 1.44. The molecule has 0 unspecified atom stereocenters. The minimum atomic E-state index is -5.21. The highest BCUT2D eigenvalue weighted by atomic mass is 35.5. The second-order valence-corrected chi connectivity index (χ2v) is 3.74. The number of benzene rings is 1. The molecule has 0 radical (unpaired) electrons. The van der Waals surface area contributed by atoms with Crippen LogP contribution in [0.25, 0.3) is 0 Å². The lowest BCUT2D eigenvalue weighted by Gasteiger charge is -2.24. The van der Waals surface area contributed by atoms with Gasteiger partial charge in [0.15, 0.2) is 6.10 Å². The molecule has 3 N–H and O–H groups in total. The van der Waals surface area contributed by atoms with Gasteiger partial charge in [-0.25, -0.2) is 4.39 Å². The summed E-state index contributed by atoms with van der Waals surface area (Å²) >= 11 is 0. The maximum absolute atomic E-state index is 12.9. The van der Waals surface area contributed by atoms with Gasteiger partial charge in [-0.05, 0) is 23.8 Å².